The maximum absolute atomic E-state index is 12.1. The second-order valence-corrected chi connectivity index (χ2v) is 5.11. The van der Waals surface area contributed by atoms with E-state index in [0.717, 1.165) is 25.3 Å². The summed E-state index contributed by atoms with van der Waals surface area (Å²) < 4.78 is 1.53. The van der Waals surface area contributed by atoms with E-state index in [1.54, 1.807) is 12.1 Å². The highest BCUT2D eigenvalue weighted by atomic mass is 16.1. The highest BCUT2D eigenvalue weighted by Gasteiger charge is 2.12. The minimum Gasteiger partial charge on any atom is -0.351 e. The number of amides is 1. The van der Waals surface area contributed by atoms with Crippen molar-refractivity contribution in [2.75, 3.05) is 26.2 Å². The van der Waals surface area contributed by atoms with E-state index >= 15 is 0 Å². The normalized spacial score (nSPS) is 15.2. The summed E-state index contributed by atoms with van der Waals surface area (Å²) in [7, 11) is 0. The fourth-order valence-corrected chi connectivity index (χ4v) is 2.51. The number of carbonyl (C=O) groups is 1. The fraction of sp³-hybridized carbons (Fsp3) is 0.429. The van der Waals surface area contributed by atoms with Gasteiger partial charge in [-0.25, -0.2) is 4.68 Å². The molecule has 0 spiro atoms. The van der Waals surface area contributed by atoms with Gasteiger partial charge in [0.05, 0.1) is 5.69 Å². The van der Waals surface area contributed by atoms with Crippen LogP contribution in [0.15, 0.2) is 30.6 Å². The molecule has 1 aliphatic rings. The van der Waals surface area contributed by atoms with Crippen molar-refractivity contribution in [1.82, 2.24) is 30.4 Å². The van der Waals surface area contributed by atoms with Crippen LogP contribution in [0.4, 0.5) is 0 Å². The van der Waals surface area contributed by atoms with Crippen LogP contribution in [0, 0.1) is 0 Å². The maximum Gasteiger partial charge on any atom is 0.251 e. The topological polar surface area (TPSA) is 75.9 Å². The lowest BCUT2D eigenvalue weighted by Gasteiger charge is -2.14. The van der Waals surface area contributed by atoms with Crippen LogP contribution >= 0.6 is 0 Å². The second-order valence-electron chi connectivity index (χ2n) is 5.11. The van der Waals surface area contributed by atoms with Gasteiger partial charge < -0.3 is 10.2 Å². The molecule has 21 heavy (non-hydrogen) atoms. The van der Waals surface area contributed by atoms with Crippen molar-refractivity contribution in [1.29, 1.82) is 0 Å². The molecule has 0 saturated carbocycles. The smallest absolute Gasteiger partial charge is 0.251 e. The first-order valence-electron chi connectivity index (χ1n) is 7.17. The predicted molar refractivity (Wildman–Crippen MR) is 77.2 cm³/mol. The van der Waals surface area contributed by atoms with Gasteiger partial charge in [0, 0.05) is 18.7 Å². The molecule has 1 saturated heterocycles. The van der Waals surface area contributed by atoms with Gasteiger partial charge in [0.15, 0.2) is 0 Å². The molecule has 110 valence electrons. The molecule has 1 aliphatic heterocycles. The van der Waals surface area contributed by atoms with Gasteiger partial charge in [-0.3, -0.25) is 4.79 Å². The van der Waals surface area contributed by atoms with Gasteiger partial charge in [0.1, 0.15) is 6.33 Å². The molecule has 1 aromatic carbocycles. The average molecular weight is 286 g/mol. The molecular formula is C14H18N6O. The molecule has 0 bridgehead atoms. The summed E-state index contributed by atoms with van der Waals surface area (Å²) in [6.07, 6.45) is 4.04. The molecule has 1 N–H and O–H groups in total. The van der Waals surface area contributed by atoms with E-state index in [1.807, 2.05) is 12.1 Å². The Balaban J connectivity index is 1.58. The minimum absolute atomic E-state index is 0.0656. The molecule has 7 heteroatoms. The van der Waals surface area contributed by atoms with Crippen molar-refractivity contribution in [2.45, 2.75) is 12.8 Å². The molecule has 2 aromatic rings. The molecule has 0 aliphatic carbocycles. The number of aromatic nitrogens is 4. The van der Waals surface area contributed by atoms with E-state index < -0.39 is 0 Å². The predicted octanol–water partition coefficient (Wildman–Crippen LogP) is 0.488. The summed E-state index contributed by atoms with van der Waals surface area (Å²) in [6.45, 7) is 3.88. The lowest BCUT2D eigenvalue weighted by molar-refractivity contribution is 0.0949. The fourth-order valence-electron chi connectivity index (χ4n) is 2.51. The van der Waals surface area contributed by atoms with E-state index in [9.17, 15) is 4.79 Å². The zero-order valence-corrected chi connectivity index (χ0v) is 11.8. The van der Waals surface area contributed by atoms with Crippen LogP contribution in [-0.2, 0) is 0 Å². The molecule has 0 atom stereocenters. The third-order valence-corrected chi connectivity index (χ3v) is 3.63. The average Bonchev–Trinajstić information content (AvgIpc) is 3.21. The van der Waals surface area contributed by atoms with E-state index in [4.69, 9.17) is 0 Å². The van der Waals surface area contributed by atoms with Crippen LogP contribution in [0.5, 0.6) is 0 Å². The quantitative estimate of drug-likeness (QED) is 0.865. The Labute approximate surface area is 122 Å². The van der Waals surface area contributed by atoms with E-state index in [0.29, 0.717) is 12.1 Å². The summed E-state index contributed by atoms with van der Waals surface area (Å²) in [6, 6.07) is 7.25. The Morgan fingerprint density at radius 1 is 1.29 bits per heavy atom. The molecule has 3 rings (SSSR count). The third kappa shape index (κ3) is 3.43. The Kier molecular flexibility index (Phi) is 4.20. The highest BCUT2D eigenvalue weighted by Crippen LogP contribution is 2.09. The van der Waals surface area contributed by atoms with Crippen molar-refractivity contribution in [3.63, 3.8) is 0 Å². The SMILES string of the molecule is O=C(NCCN1CCCC1)c1cccc(-n2cnnn2)c1. The number of likely N-dealkylation sites (tertiary alicyclic amines) is 1. The van der Waals surface area contributed by atoms with Crippen molar-refractivity contribution < 1.29 is 4.79 Å². The van der Waals surface area contributed by atoms with Gasteiger partial charge in [-0.05, 0) is 54.6 Å². The number of hydrogen-bond acceptors (Lipinski definition) is 5. The minimum atomic E-state index is -0.0656. The number of carbonyl (C=O) groups excluding carboxylic acids is 1. The monoisotopic (exact) mass is 286 g/mol. The molecule has 1 aromatic heterocycles. The lowest BCUT2D eigenvalue weighted by Crippen LogP contribution is -2.33. The maximum atomic E-state index is 12.1. The molecular weight excluding hydrogens is 268 g/mol. The molecule has 2 heterocycles. The summed E-state index contributed by atoms with van der Waals surface area (Å²) in [5, 5.41) is 14.0. The standard InChI is InChI=1S/C14H18N6O/c21-14(15-6-9-19-7-1-2-8-19)12-4-3-5-13(10-12)20-11-16-17-18-20/h3-5,10-11H,1-2,6-9H2,(H,15,21). The van der Waals surface area contributed by atoms with Crippen molar-refractivity contribution in [3.8, 4) is 5.69 Å². The summed E-state index contributed by atoms with van der Waals surface area (Å²) in [5.74, 6) is -0.0656. The van der Waals surface area contributed by atoms with Crippen LogP contribution < -0.4 is 5.32 Å². The Morgan fingerprint density at radius 2 is 2.14 bits per heavy atom. The molecule has 0 radical (unpaired) electrons. The summed E-state index contributed by atoms with van der Waals surface area (Å²) in [4.78, 5) is 14.5. The van der Waals surface area contributed by atoms with Gasteiger partial charge in [-0.2, -0.15) is 0 Å². The first kappa shape index (κ1) is 13.7. The largest absolute Gasteiger partial charge is 0.351 e. The summed E-state index contributed by atoms with van der Waals surface area (Å²) in [5.41, 5.74) is 1.39. The van der Waals surface area contributed by atoms with Crippen molar-refractivity contribution in [2.24, 2.45) is 0 Å². The van der Waals surface area contributed by atoms with Gasteiger partial charge in [-0.1, -0.05) is 6.07 Å². The van der Waals surface area contributed by atoms with Crippen LogP contribution in [0.2, 0.25) is 0 Å². The number of rotatable bonds is 5. The first-order chi connectivity index (χ1) is 10.3. The Hall–Kier alpha value is -2.28. The highest BCUT2D eigenvalue weighted by molar-refractivity contribution is 5.94. The van der Waals surface area contributed by atoms with E-state index in [2.05, 4.69) is 25.7 Å². The van der Waals surface area contributed by atoms with Crippen LogP contribution in [0.25, 0.3) is 5.69 Å². The lowest BCUT2D eigenvalue weighted by atomic mass is 10.2. The number of nitrogens with zero attached hydrogens (tertiary/aromatic N) is 5. The number of benzene rings is 1. The number of tetrazole rings is 1. The molecule has 7 nitrogen and oxygen atoms in total. The second kappa shape index (κ2) is 6.45. The Morgan fingerprint density at radius 3 is 2.90 bits per heavy atom. The first-order valence-corrected chi connectivity index (χ1v) is 7.17. The zero-order valence-electron chi connectivity index (χ0n) is 11.8. The van der Waals surface area contributed by atoms with Crippen molar-refractivity contribution >= 4 is 5.91 Å². The summed E-state index contributed by atoms with van der Waals surface area (Å²) >= 11 is 0. The third-order valence-electron chi connectivity index (χ3n) is 3.63. The van der Waals surface area contributed by atoms with E-state index in [-0.39, 0.29) is 5.91 Å². The van der Waals surface area contributed by atoms with Gasteiger partial charge >= 0.3 is 0 Å². The van der Waals surface area contributed by atoms with Gasteiger partial charge in [-0.15, -0.1) is 5.10 Å². The zero-order chi connectivity index (χ0) is 14.5. The van der Waals surface area contributed by atoms with Crippen molar-refractivity contribution in [3.05, 3.63) is 36.2 Å². The molecule has 1 amide bonds. The van der Waals surface area contributed by atoms with E-state index in [1.165, 1.54) is 23.9 Å². The van der Waals surface area contributed by atoms with Gasteiger partial charge in [0.2, 0.25) is 0 Å². The molecule has 0 unspecified atom stereocenters. The van der Waals surface area contributed by atoms with Crippen LogP contribution in [0.1, 0.15) is 23.2 Å². The molecule has 1 fully saturated rings. The number of nitrogens with one attached hydrogen (secondary N) is 1. The van der Waals surface area contributed by atoms with Crippen LogP contribution in [-0.4, -0.2) is 57.2 Å². The Bertz CT molecular complexity index is 591. The van der Waals surface area contributed by atoms with Crippen LogP contribution in [0.3, 0.4) is 0 Å². The number of hydrogen-bond donors (Lipinski definition) is 1. The van der Waals surface area contributed by atoms with Gasteiger partial charge in [0.25, 0.3) is 5.91 Å².